The fourth-order valence-electron chi connectivity index (χ4n) is 2.19. The van der Waals surface area contributed by atoms with Gasteiger partial charge in [0, 0.05) is 36.2 Å². The summed E-state index contributed by atoms with van der Waals surface area (Å²) in [6.07, 6.45) is 0.705. The van der Waals surface area contributed by atoms with Gasteiger partial charge in [0.2, 0.25) is 5.91 Å². The van der Waals surface area contributed by atoms with Crippen molar-refractivity contribution in [2.45, 2.75) is 11.6 Å². The van der Waals surface area contributed by atoms with Crippen LogP contribution in [0.2, 0.25) is 0 Å². The molecule has 0 aliphatic carbocycles. The summed E-state index contributed by atoms with van der Waals surface area (Å²) >= 11 is 2.95. The summed E-state index contributed by atoms with van der Waals surface area (Å²) in [6, 6.07) is 9.74. The van der Waals surface area contributed by atoms with Crippen molar-refractivity contribution in [3.63, 3.8) is 0 Å². The average Bonchev–Trinajstić information content (AvgIpc) is 3.25. The van der Waals surface area contributed by atoms with E-state index in [9.17, 15) is 14.9 Å². The van der Waals surface area contributed by atoms with Crippen LogP contribution in [-0.4, -0.2) is 31.3 Å². The first-order valence-corrected chi connectivity index (χ1v) is 9.47. The van der Waals surface area contributed by atoms with E-state index in [1.165, 1.54) is 40.9 Å². The van der Waals surface area contributed by atoms with E-state index in [2.05, 4.69) is 15.5 Å². The van der Waals surface area contributed by atoms with Gasteiger partial charge in [-0.2, -0.15) is 0 Å². The van der Waals surface area contributed by atoms with Crippen molar-refractivity contribution in [2.24, 2.45) is 7.05 Å². The second kappa shape index (κ2) is 8.11. The molecular formula is C16H15N5O3S2. The number of carbonyl (C=O) groups excluding carboxylic acids is 1. The number of nitro benzene ring substituents is 1. The quantitative estimate of drug-likeness (QED) is 0.378. The lowest BCUT2D eigenvalue weighted by molar-refractivity contribution is -0.384. The zero-order chi connectivity index (χ0) is 18.5. The molecule has 0 saturated carbocycles. The molecule has 10 heteroatoms. The number of non-ortho nitro benzene ring substituents is 1. The minimum Gasteiger partial charge on any atom is -0.325 e. The Balaban J connectivity index is 1.54. The largest absolute Gasteiger partial charge is 0.325 e. The van der Waals surface area contributed by atoms with Crippen molar-refractivity contribution < 1.29 is 9.72 Å². The van der Waals surface area contributed by atoms with E-state index in [4.69, 9.17) is 0 Å². The summed E-state index contributed by atoms with van der Waals surface area (Å²) in [4.78, 5) is 23.4. The first kappa shape index (κ1) is 18.1. The summed E-state index contributed by atoms with van der Waals surface area (Å²) in [5.74, 6) is 0.791. The smallest absolute Gasteiger partial charge is 0.269 e. The monoisotopic (exact) mass is 389 g/mol. The average molecular weight is 389 g/mol. The molecule has 0 aliphatic heterocycles. The predicted molar refractivity (Wildman–Crippen MR) is 101 cm³/mol. The first-order chi connectivity index (χ1) is 12.5. The fraction of sp³-hybridized carbons (Fsp3) is 0.188. The Kier molecular flexibility index (Phi) is 5.64. The molecule has 3 rings (SSSR count). The number of nitrogens with one attached hydrogen (secondary N) is 1. The summed E-state index contributed by atoms with van der Waals surface area (Å²) in [5, 5.41) is 24.3. The third-order valence-corrected chi connectivity index (χ3v) is 5.43. The summed E-state index contributed by atoms with van der Waals surface area (Å²) in [6.45, 7) is 0. The minimum atomic E-state index is -0.483. The first-order valence-electron chi connectivity index (χ1n) is 7.60. The van der Waals surface area contributed by atoms with Crippen LogP contribution in [0.1, 0.15) is 10.7 Å². The Hall–Kier alpha value is -2.72. The van der Waals surface area contributed by atoms with Gasteiger partial charge < -0.3 is 9.88 Å². The van der Waals surface area contributed by atoms with E-state index >= 15 is 0 Å². The zero-order valence-electron chi connectivity index (χ0n) is 13.8. The van der Waals surface area contributed by atoms with E-state index in [0.717, 1.165) is 5.82 Å². The molecule has 0 unspecified atom stereocenters. The van der Waals surface area contributed by atoms with Crippen LogP contribution in [0.15, 0.2) is 46.9 Å². The molecule has 0 atom stereocenters. The van der Waals surface area contributed by atoms with Crippen molar-refractivity contribution in [1.82, 2.24) is 14.8 Å². The van der Waals surface area contributed by atoms with Gasteiger partial charge in [0.25, 0.3) is 5.69 Å². The molecule has 2 aromatic heterocycles. The molecule has 3 aromatic rings. The number of nitro groups is 1. The lowest BCUT2D eigenvalue weighted by atomic mass is 10.3. The standard InChI is InChI=1S/C16H15N5O3S2/c1-20-14(9-13-3-2-8-25-13)18-19-16(20)26-10-15(22)17-11-4-6-12(7-5-11)21(23)24/h2-8H,9-10H2,1H3,(H,17,22). The zero-order valence-corrected chi connectivity index (χ0v) is 15.4. The van der Waals surface area contributed by atoms with Gasteiger partial charge in [-0.15, -0.1) is 21.5 Å². The normalized spacial score (nSPS) is 10.7. The molecule has 1 aromatic carbocycles. The Bertz CT molecular complexity index is 907. The third kappa shape index (κ3) is 4.46. The number of anilines is 1. The molecular weight excluding hydrogens is 374 g/mol. The van der Waals surface area contributed by atoms with Crippen LogP contribution in [0.3, 0.4) is 0 Å². The Morgan fingerprint density at radius 1 is 1.31 bits per heavy atom. The van der Waals surface area contributed by atoms with Crippen molar-refractivity contribution >= 4 is 40.4 Å². The lowest BCUT2D eigenvalue weighted by Gasteiger charge is -2.05. The topological polar surface area (TPSA) is 103 Å². The van der Waals surface area contributed by atoms with Gasteiger partial charge in [0.05, 0.1) is 10.7 Å². The molecule has 0 radical (unpaired) electrons. The van der Waals surface area contributed by atoms with E-state index in [1.807, 2.05) is 29.1 Å². The van der Waals surface area contributed by atoms with Crippen LogP contribution in [0.5, 0.6) is 0 Å². The van der Waals surface area contributed by atoms with Gasteiger partial charge in [0.1, 0.15) is 5.82 Å². The number of benzene rings is 1. The highest BCUT2D eigenvalue weighted by Gasteiger charge is 2.13. The number of hydrogen-bond donors (Lipinski definition) is 1. The van der Waals surface area contributed by atoms with E-state index in [1.54, 1.807) is 11.3 Å². The Morgan fingerprint density at radius 2 is 2.08 bits per heavy atom. The Morgan fingerprint density at radius 3 is 2.73 bits per heavy atom. The van der Waals surface area contributed by atoms with Gasteiger partial charge in [-0.05, 0) is 23.6 Å². The molecule has 0 bridgehead atoms. The van der Waals surface area contributed by atoms with Gasteiger partial charge in [-0.1, -0.05) is 17.8 Å². The number of rotatable bonds is 7. The second-order valence-electron chi connectivity index (χ2n) is 5.35. The maximum absolute atomic E-state index is 12.1. The van der Waals surface area contributed by atoms with Gasteiger partial charge >= 0.3 is 0 Å². The van der Waals surface area contributed by atoms with Crippen LogP contribution >= 0.6 is 23.1 Å². The van der Waals surface area contributed by atoms with Crippen molar-refractivity contribution in [3.8, 4) is 0 Å². The SMILES string of the molecule is Cn1c(Cc2cccs2)nnc1SCC(=O)Nc1ccc([N+](=O)[O-])cc1. The lowest BCUT2D eigenvalue weighted by Crippen LogP contribution is -2.14. The summed E-state index contributed by atoms with van der Waals surface area (Å²) < 4.78 is 1.88. The third-order valence-electron chi connectivity index (χ3n) is 3.53. The van der Waals surface area contributed by atoms with Crippen LogP contribution < -0.4 is 5.32 Å². The molecule has 8 nitrogen and oxygen atoms in total. The number of nitrogens with zero attached hydrogens (tertiary/aromatic N) is 4. The minimum absolute atomic E-state index is 0.0188. The number of thiophene rings is 1. The van der Waals surface area contributed by atoms with Gasteiger partial charge in [-0.25, -0.2) is 0 Å². The highest BCUT2D eigenvalue weighted by Crippen LogP contribution is 2.20. The van der Waals surface area contributed by atoms with Crippen LogP contribution in [0.25, 0.3) is 0 Å². The highest BCUT2D eigenvalue weighted by molar-refractivity contribution is 7.99. The number of carbonyl (C=O) groups is 1. The maximum atomic E-state index is 12.1. The van der Waals surface area contributed by atoms with E-state index in [-0.39, 0.29) is 17.3 Å². The Labute approximate surface area is 157 Å². The van der Waals surface area contributed by atoms with Crippen molar-refractivity contribution in [3.05, 3.63) is 62.6 Å². The second-order valence-corrected chi connectivity index (χ2v) is 7.33. The fourth-order valence-corrected chi connectivity index (χ4v) is 3.62. The molecule has 26 heavy (non-hydrogen) atoms. The molecule has 134 valence electrons. The maximum Gasteiger partial charge on any atom is 0.269 e. The number of aromatic nitrogens is 3. The molecule has 1 amide bonds. The number of amides is 1. The van der Waals surface area contributed by atoms with Crippen LogP contribution in [0, 0.1) is 10.1 Å². The molecule has 2 heterocycles. The highest BCUT2D eigenvalue weighted by atomic mass is 32.2. The van der Waals surface area contributed by atoms with E-state index in [0.29, 0.717) is 17.3 Å². The molecule has 0 fully saturated rings. The molecule has 0 spiro atoms. The molecule has 0 saturated heterocycles. The van der Waals surface area contributed by atoms with Gasteiger partial charge in [-0.3, -0.25) is 14.9 Å². The summed E-state index contributed by atoms with van der Waals surface area (Å²) in [7, 11) is 1.87. The predicted octanol–water partition coefficient (Wildman–Crippen LogP) is 3.11. The van der Waals surface area contributed by atoms with Crippen molar-refractivity contribution in [1.29, 1.82) is 0 Å². The molecule has 1 N–H and O–H groups in total. The van der Waals surface area contributed by atoms with Crippen LogP contribution in [0.4, 0.5) is 11.4 Å². The van der Waals surface area contributed by atoms with Gasteiger partial charge in [0.15, 0.2) is 5.16 Å². The number of thioether (sulfide) groups is 1. The summed E-state index contributed by atoms with van der Waals surface area (Å²) in [5.41, 5.74) is 0.493. The molecule has 0 aliphatic rings. The van der Waals surface area contributed by atoms with Crippen LogP contribution in [-0.2, 0) is 18.3 Å². The number of hydrogen-bond acceptors (Lipinski definition) is 7. The van der Waals surface area contributed by atoms with E-state index < -0.39 is 4.92 Å². The van der Waals surface area contributed by atoms with Crippen molar-refractivity contribution in [2.75, 3.05) is 11.1 Å².